The van der Waals surface area contributed by atoms with Crippen LogP contribution in [-0.4, -0.2) is 21.8 Å². The van der Waals surface area contributed by atoms with Gasteiger partial charge in [0.1, 0.15) is 11.6 Å². The fourth-order valence-corrected chi connectivity index (χ4v) is 4.70. The van der Waals surface area contributed by atoms with Crippen LogP contribution in [-0.2, 0) is 9.59 Å². The lowest BCUT2D eigenvalue weighted by Gasteiger charge is -2.26. The molecule has 3 aromatic carbocycles. The minimum Gasteiger partial charge on any atom is -0.507 e. The van der Waals surface area contributed by atoms with Crippen molar-refractivity contribution < 1.29 is 19.1 Å². The molecule has 1 aliphatic rings. The molecular weight excluding hydrogens is 466 g/mol. The van der Waals surface area contributed by atoms with Gasteiger partial charge in [0.15, 0.2) is 0 Å². The van der Waals surface area contributed by atoms with Crippen molar-refractivity contribution in [1.29, 1.82) is 0 Å². The number of aromatic nitrogens is 1. The number of hydrogen-bond donors (Lipinski definition) is 2. The van der Waals surface area contributed by atoms with E-state index in [-0.39, 0.29) is 26.9 Å². The summed E-state index contributed by atoms with van der Waals surface area (Å²) >= 11 is 12.3. The molecule has 0 radical (unpaired) electrons. The summed E-state index contributed by atoms with van der Waals surface area (Å²) in [5.41, 5.74) is 1.09. The highest BCUT2D eigenvalue weighted by molar-refractivity contribution is 6.52. The molecule has 1 aromatic heterocycles. The SMILES string of the molecule is O=C1C(=O)N(c2cc(Cl)cc(Cl)c2)C(c2ccccc2F)/C1=C(\O)c1c[nH]c2ccccc12. The molecule has 1 fully saturated rings. The van der Waals surface area contributed by atoms with Crippen LogP contribution in [0.25, 0.3) is 16.7 Å². The number of amides is 1. The second-order valence-electron chi connectivity index (χ2n) is 7.57. The van der Waals surface area contributed by atoms with Gasteiger partial charge in [-0.1, -0.05) is 59.6 Å². The van der Waals surface area contributed by atoms with Crippen LogP contribution in [0.4, 0.5) is 10.1 Å². The van der Waals surface area contributed by atoms with Crippen molar-refractivity contribution in [2.75, 3.05) is 4.90 Å². The Kier molecular flexibility index (Phi) is 5.19. The van der Waals surface area contributed by atoms with Crippen molar-refractivity contribution in [2.45, 2.75) is 6.04 Å². The maximum Gasteiger partial charge on any atom is 0.300 e. The van der Waals surface area contributed by atoms with Gasteiger partial charge in [0.25, 0.3) is 11.7 Å². The smallest absolute Gasteiger partial charge is 0.300 e. The van der Waals surface area contributed by atoms with E-state index in [9.17, 15) is 19.1 Å². The molecule has 0 aliphatic carbocycles. The molecule has 4 aromatic rings. The lowest BCUT2D eigenvalue weighted by atomic mass is 9.94. The molecule has 2 heterocycles. The molecule has 1 amide bonds. The number of fused-ring (bicyclic) bond motifs is 1. The number of aliphatic hydroxyl groups is 1. The third kappa shape index (κ3) is 3.48. The fourth-order valence-electron chi connectivity index (χ4n) is 4.18. The summed E-state index contributed by atoms with van der Waals surface area (Å²) < 4.78 is 15.0. The van der Waals surface area contributed by atoms with Crippen molar-refractivity contribution in [1.82, 2.24) is 4.98 Å². The molecule has 1 aliphatic heterocycles. The highest BCUT2D eigenvalue weighted by atomic mass is 35.5. The maximum atomic E-state index is 15.0. The number of benzene rings is 3. The van der Waals surface area contributed by atoms with Gasteiger partial charge in [0.05, 0.1) is 11.6 Å². The number of aliphatic hydroxyl groups excluding tert-OH is 1. The van der Waals surface area contributed by atoms with Crippen molar-refractivity contribution >= 4 is 57.2 Å². The van der Waals surface area contributed by atoms with E-state index in [1.165, 1.54) is 36.4 Å². The Morgan fingerprint density at radius 1 is 0.970 bits per heavy atom. The summed E-state index contributed by atoms with van der Waals surface area (Å²) in [7, 11) is 0. The first-order chi connectivity index (χ1) is 15.9. The van der Waals surface area contributed by atoms with E-state index in [4.69, 9.17) is 23.2 Å². The molecule has 1 unspecified atom stereocenters. The van der Waals surface area contributed by atoms with Gasteiger partial charge in [0.2, 0.25) is 0 Å². The number of anilines is 1. The number of halogens is 3. The first-order valence-corrected chi connectivity index (χ1v) is 10.7. The number of carbonyl (C=O) groups is 2. The number of aromatic amines is 1. The lowest BCUT2D eigenvalue weighted by Crippen LogP contribution is -2.29. The summed E-state index contributed by atoms with van der Waals surface area (Å²) in [4.78, 5) is 30.5. The van der Waals surface area contributed by atoms with Crippen molar-refractivity contribution in [3.05, 3.63) is 105 Å². The highest BCUT2D eigenvalue weighted by Gasteiger charge is 2.48. The summed E-state index contributed by atoms with van der Waals surface area (Å²) in [6.45, 7) is 0. The monoisotopic (exact) mass is 480 g/mol. The molecule has 8 heteroatoms. The molecule has 33 heavy (non-hydrogen) atoms. The van der Waals surface area contributed by atoms with Gasteiger partial charge in [-0.05, 0) is 30.3 Å². The van der Waals surface area contributed by atoms with E-state index < -0.39 is 29.3 Å². The average Bonchev–Trinajstić information content (AvgIpc) is 3.32. The number of rotatable bonds is 3. The minimum absolute atomic E-state index is 0.0502. The Hall–Kier alpha value is -3.61. The van der Waals surface area contributed by atoms with Crippen LogP contribution < -0.4 is 4.90 Å². The number of nitrogens with zero attached hydrogens (tertiary/aromatic N) is 1. The second kappa shape index (κ2) is 8.06. The molecular formula is C25H15Cl2FN2O3. The number of Topliss-reactive ketones (excluding diaryl/α,β-unsaturated/α-hetero) is 1. The van der Waals surface area contributed by atoms with Gasteiger partial charge in [0, 0.05) is 44.0 Å². The molecule has 1 atom stereocenters. The summed E-state index contributed by atoms with van der Waals surface area (Å²) in [5, 5.41) is 12.4. The predicted molar refractivity (Wildman–Crippen MR) is 126 cm³/mol. The van der Waals surface area contributed by atoms with Crippen LogP contribution in [0, 0.1) is 5.82 Å². The normalized spacial score (nSPS) is 17.8. The average molecular weight is 481 g/mol. The zero-order valence-electron chi connectivity index (χ0n) is 16.9. The molecule has 5 rings (SSSR count). The van der Waals surface area contributed by atoms with Crippen LogP contribution in [0.15, 0.2) is 78.5 Å². The Balaban J connectivity index is 1.80. The van der Waals surface area contributed by atoms with Crippen LogP contribution >= 0.6 is 23.2 Å². The van der Waals surface area contributed by atoms with E-state index in [2.05, 4.69) is 4.98 Å². The third-order valence-electron chi connectivity index (χ3n) is 5.61. The number of nitrogens with one attached hydrogen (secondary N) is 1. The van der Waals surface area contributed by atoms with Crippen LogP contribution in [0.2, 0.25) is 10.0 Å². The minimum atomic E-state index is -1.23. The number of para-hydroxylation sites is 1. The molecule has 0 bridgehead atoms. The molecule has 0 spiro atoms. The summed E-state index contributed by atoms with van der Waals surface area (Å²) in [5.74, 6) is -2.91. The van der Waals surface area contributed by atoms with Gasteiger partial charge in [-0.15, -0.1) is 0 Å². The fraction of sp³-hybridized carbons (Fsp3) is 0.0400. The number of hydrogen-bond acceptors (Lipinski definition) is 3. The lowest BCUT2D eigenvalue weighted by molar-refractivity contribution is -0.132. The maximum absolute atomic E-state index is 15.0. The van der Waals surface area contributed by atoms with Crippen molar-refractivity contribution in [3.63, 3.8) is 0 Å². The highest BCUT2D eigenvalue weighted by Crippen LogP contribution is 2.44. The van der Waals surface area contributed by atoms with Crippen LogP contribution in [0.5, 0.6) is 0 Å². The number of ketones is 1. The topological polar surface area (TPSA) is 73.4 Å². The van der Waals surface area contributed by atoms with Gasteiger partial charge in [-0.2, -0.15) is 0 Å². The predicted octanol–water partition coefficient (Wildman–Crippen LogP) is 6.24. The molecule has 164 valence electrons. The van der Waals surface area contributed by atoms with E-state index in [0.29, 0.717) is 10.9 Å². The van der Waals surface area contributed by atoms with E-state index in [0.717, 1.165) is 10.4 Å². The Bertz CT molecular complexity index is 1460. The Labute approximate surface area is 197 Å². The molecule has 5 nitrogen and oxygen atoms in total. The third-order valence-corrected chi connectivity index (χ3v) is 6.05. The Morgan fingerprint density at radius 2 is 1.64 bits per heavy atom. The zero-order valence-corrected chi connectivity index (χ0v) is 18.4. The van der Waals surface area contributed by atoms with E-state index >= 15 is 0 Å². The van der Waals surface area contributed by atoms with Crippen LogP contribution in [0.1, 0.15) is 17.2 Å². The van der Waals surface area contributed by atoms with Crippen molar-refractivity contribution in [2.24, 2.45) is 0 Å². The number of carbonyl (C=O) groups excluding carboxylic acids is 2. The summed E-state index contributed by atoms with van der Waals surface area (Å²) in [6.07, 6.45) is 1.54. The van der Waals surface area contributed by atoms with Crippen LogP contribution in [0.3, 0.4) is 0 Å². The quantitative estimate of drug-likeness (QED) is 0.207. The largest absolute Gasteiger partial charge is 0.507 e. The van der Waals surface area contributed by atoms with Gasteiger partial charge in [-0.25, -0.2) is 4.39 Å². The molecule has 2 N–H and O–H groups in total. The summed E-state index contributed by atoms with van der Waals surface area (Å²) in [6, 6.07) is 16.1. The van der Waals surface area contributed by atoms with Gasteiger partial charge in [-0.3, -0.25) is 14.5 Å². The molecule has 1 saturated heterocycles. The van der Waals surface area contributed by atoms with E-state index in [1.807, 2.05) is 12.1 Å². The zero-order chi connectivity index (χ0) is 23.3. The van der Waals surface area contributed by atoms with Crippen molar-refractivity contribution in [3.8, 4) is 0 Å². The standard InChI is InChI=1S/C25H15Cl2FN2O3/c26-13-9-14(27)11-15(10-13)30-22(17-6-1-3-7-19(17)28)21(24(32)25(30)33)23(31)18-12-29-20-8-4-2-5-16(18)20/h1-12,22,29,31H/b23-21+. The Morgan fingerprint density at radius 3 is 2.36 bits per heavy atom. The number of H-pyrrole nitrogens is 1. The van der Waals surface area contributed by atoms with Gasteiger partial charge >= 0.3 is 0 Å². The first-order valence-electron chi connectivity index (χ1n) is 9.95. The molecule has 0 saturated carbocycles. The van der Waals surface area contributed by atoms with Gasteiger partial charge < -0.3 is 10.1 Å². The second-order valence-corrected chi connectivity index (χ2v) is 8.44. The first kappa shape index (κ1) is 21.2. The van der Waals surface area contributed by atoms with E-state index in [1.54, 1.807) is 24.4 Å².